The van der Waals surface area contributed by atoms with Crippen LogP contribution in [0.25, 0.3) is 0 Å². The van der Waals surface area contributed by atoms with Gasteiger partial charge in [0.2, 0.25) is 0 Å². The van der Waals surface area contributed by atoms with E-state index in [1.54, 1.807) is 0 Å². The average Bonchev–Trinajstić information content (AvgIpc) is 2.51. The normalized spacial score (nSPS) is 18.9. The Balaban J connectivity index is 2.51. The molecule has 1 fully saturated rings. The molecule has 1 rings (SSSR count). The Morgan fingerprint density at radius 2 is 1.60 bits per heavy atom. The molecule has 0 heterocycles. The molecule has 0 amide bonds. The maximum absolute atomic E-state index is 3.78. The Bertz CT molecular complexity index is 219. The Morgan fingerprint density at radius 1 is 0.950 bits per heavy atom. The summed E-state index contributed by atoms with van der Waals surface area (Å²) >= 11 is 0. The minimum absolute atomic E-state index is 0.717. The third kappa shape index (κ3) is 6.13. The zero-order valence-electron chi connectivity index (χ0n) is 14.5. The summed E-state index contributed by atoms with van der Waals surface area (Å²) in [7, 11) is 0. The van der Waals surface area contributed by atoms with Crippen LogP contribution >= 0.6 is 0 Å². The quantitative estimate of drug-likeness (QED) is 0.642. The van der Waals surface area contributed by atoms with Gasteiger partial charge in [-0.3, -0.25) is 0 Å². The van der Waals surface area contributed by atoms with Crippen LogP contribution < -0.4 is 5.32 Å². The van der Waals surface area contributed by atoms with Crippen LogP contribution in [0.1, 0.15) is 72.6 Å². The molecule has 2 heteroatoms. The smallest absolute Gasteiger partial charge is 0.0223 e. The maximum Gasteiger partial charge on any atom is 0.0223 e. The van der Waals surface area contributed by atoms with E-state index in [-0.39, 0.29) is 0 Å². The molecular weight excluding hydrogens is 244 g/mol. The highest BCUT2D eigenvalue weighted by atomic mass is 15.1. The van der Waals surface area contributed by atoms with E-state index in [0.717, 1.165) is 24.4 Å². The van der Waals surface area contributed by atoms with Crippen molar-refractivity contribution in [3.8, 4) is 0 Å². The third-order valence-corrected chi connectivity index (χ3v) is 5.26. The Hall–Kier alpha value is -0.0800. The molecule has 1 N–H and O–H groups in total. The van der Waals surface area contributed by atoms with Crippen LogP contribution in [0, 0.1) is 11.8 Å². The molecule has 1 unspecified atom stereocenters. The first-order valence-corrected chi connectivity index (χ1v) is 9.20. The topological polar surface area (TPSA) is 15.3 Å². The van der Waals surface area contributed by atoms with Gasteiger partial charge in [0.1, 0.15) is 0 Å². The zero-order valence-corrected chi connectivity index (χ0v) is 14.5. The number of hydrogen-bond acceptors (Lipinski definition) is 2. The Kier molecular flexibility index (Phi) is 9.54. The molecule has 120 valence electrons. The third-order valence-electron chi connectivity index (χ3n) is 5.26. The van der Waals surface area contributed by atoms with E-state index in [4.69, 9.17) is 0 Å². The van der Waals surface area contributed by atoms with Gasteiger partial charge in [0.15, 0.2) is 0 Å². The molecule has 20 heavy (non-hydrogen) atoms. The number of nitrogens with one attached hydrogen (secondary N) is 1. The van der Waals surface area contributed by atoms with Gasteiger partial charge in [-0.1, -0.05) is 59.8 Å². The lowest BCUT2D eigenvalue weighted by Gasteiger charge is -2.35. The predicted octanol–water partition coefficient (Wildman–Crippen LogP) is 4.30. The molecule has 2 nitrogen and oxygen atoms in total. The van der Waals surface area contributed by atoms with E-state index >= 15 is 0 Å². The molecule has 0 aromatic carbocycles. The van der Waals surface area contributed by atoms with E-state index in [1.807, 2.05) is 0 Å². The van der Waals surface area contributed by atoms with Crippen molar-refractivity contribution in [2.45, 2.75) is 78.7 Å². The predicted molar refractivity (Wildman–Crippen MR) is 90.2 cm³/mol. The van der Waals surface area contributed by atoms with Gasteiger partial charge in [0.05, 0.1) is 0 Å². The van der Waals surface area contributed by atoms with Crippen LogP contribution in [-0.4, -0.2) is 37.1 Å². The summed E-state index contributed by atoms with van der Waals surface area (Å²) in [6.07, 6.45) is 9.89. The lowest BCUT2D eigenvalue weighted by Crippen LogP contribution is -2.47. The van der Waals surface area contributed by atoms with Gasteiger partial charge >= 0.3 is 0 Å². The van der Waals surface area contributed by atoms with Gasteiger partial charge in [0, 0.05) is 19.1 Å². The van der Waals surface area contributed by atoms with Crippen molar-refractivity contribution in [3.63, 3.8) is 0 Å². The minimum Gasteiger partial charge on any atom is -0.313 e. The molecule has 0 aliphatic heterocycles. The van der Waals surface area contributed by atoms with Gasteiger partial charge in [-0.15, -0.1) is 0 Å². The second-order valence-corrected chi connectivity index (χ2v) is 6.60. The van der Waals surface area contributed by atoms with Crippen LogP contribution in [0.15, 0.2) is 0 Å². The van der Waals surface area contributed by atoms with Crippen molar-refractivity contribution in [1.29, 1.82) is 0 Å². The van der Waals surface area contributed by atoms with E-state index < -0.39 is 0 Å². The van der Waals surface area contributed by atoms with Crippen LogP contribution in [0.4, 0.5) is 0 Å². The van der Waals surface area contributed by atoms with Crippen molar-refractivity contribution >= 4 is 0 Å². The summed E-state index contributed by atoms with van der Waals surface area (Å²) < 4.78 is 0. The van der Waals surface area contributed by atoms with E-state index in [2.05, 4.69) is 37.9 Å². The van der Waals surface area contributed by atoms with Gasteiger partial charge in [-0.25, -0.2) is 0 Å². The minimum atomic E-state index is 0.717. The molecule has 0 radical (unpaired) electrons. The fourth-order valence-electron chi connectivity index (χ4n) is 3.70. The van der Waals surface area contributed by atoms with Crippen molar-refractivity contribution < 1.29 is 0 Å². The average molecular weight is 283 g/mol. The fourth-order valence-corrected chi connectivity index (χ4v) is 3.70. The van der Waals surface area contributed by atoms with Crippen LogP contribution in [0.3, 0.4) is 0 Å². The van der Waals surface area contributed by atoms with Crippen molar-refractivity contribution in [1.82, 2.24) is 10.2 Å². The molecule has 0 bridgehead atoms. The summed E-state index contributed by atoms with van der Waals surface area (Å²) in [5.74, 6) is 1.79. The number of likely N-dealkylation sites (N-methyl/N-ethyl adjacent to an activating group) is 2. The molecule has 1 atom stereocenters. The van der Waals surface area contributed by atoms with Gasteiger partial charge in [0.25, 0.3) is 0 Å². The summed E-state index contributed by atoms with van der Waals surface area (Å²) in [5.41, 5.74) is 0. The summed E-state index contributed by atoms with van der Waals surface area (Å²) in [4.78, 5) is 2.69. The second-order valence-electron chi connectivity index (χ2n) is 6.60. The number of nitrogens with zero attached hydrogens (tertiary/aromatic N) is 1. The summed E-state index contributed by atoms with van der Waals surface area (Å²) in [6, 6.07) is 0.717. The first-order chi connectivity index (χ1) is 9.74. The highest BCUT2D eigenvalue weighted by molar-refractivity contribution is 4.82. The molecular formula is C18H38N2. The standard InChI is InChI=1S/C18H38N2/c1-5-16(6-2)14-20(8-4)15-18(19-7-3)17-12-10-9-11-13-17/h16-19H,5-15H2,1-4H3. The van der Waals surface area contributed by atoms with Crippen LogP contribution in [0.2, 0.25) is 0 Å². The first kappa shape index (κ1) is 18.0. The maximum atomic E-state index is 3.78. The van der Waals surface area contributed by atoms with Crippen molar-refractivity contribution in [2.24, 2.45) is 11.8 Å². The lowest BCUT2D eigenvalue weighted by atomic mass is 9.83. The van der Waals surface area contributed by atoms with E-state index in [9.17, 15) is 0 Å². The molecule has 0 saturated heterocycles. The number of rotatable bonds is 10. The highest BCUT2D eigenvalue weighted by Crippen LogP contribution is 2.27. The van der Waals surface area contributed by atoms with Crippen molar-refractivity contribution in [2.75, 3.05) is 26.2 Å². The summed E-state index contributed by atoms with van der Waals surface area (Å²) in [6.45, 7) is 14.1. The molecule has 0 aromatic rings. The Labute approximate surface area is 127 Å². The van der Waals surface area contributed by atoms with E-state index in [0.29, 0.717) is 0 Å². The summed E-state index contributed by atoms with van der Waals surface area (Å²) in [5, 5.41) is 3.78. The van der Waals surface area contributed by atoms with E-state index in [1.165, 1.54) is 64.6 Å². The highest BCUT2D eigenvalue weighted by Gasteiger charge is 2.25. The van der Waals surface area contributed by atoms with Gasteiger partial charge < -0.3 is 10.2 Å². The van der Waals surface area contributed by atoms with Gasteiger partial charge in [-0.05, 0) is 37.8 Å². The monoisotopic (exact) mass is 282 g/mol. The second kappa shape index (κ2) is 10.6. The molecule has 0 spiro atoms. The Morgan fingerprint density at radius 3 is 2.10 bits per heavy atom. The zero-order chi connectivity index (χ0) is 14.8. The van der Waals surface area contributed by atoms with Crippen LogP contribution in [-0.2, 0) is 0 Å². The molecule has 1 aliphatic carbocycles. The van der Waals surface area contributed by atoms with Crippen LogP contribution in [0.5, 0.6) is 0 Å². The first-order valence-electron chi connectivity index (χ1n) is 9.20. The fraction of sp³-hybridized carbons (Fsp3) is 1.00. The van der Waals surface area contributed by atoms with Gasteiger partial charge in [-0.2, -0.15) is 0 Å². The largest absolute Gasteiger partial charge is 0.313 e. The molecule has 1 aliphatic rings. The SMILES string of the molecule is CCNC(CN(CC)CC(CC)CC)C1CCCCC1. The lowest BCUT2D eigenvalue weighted by molar-refractivity contribution is 0.168. The molecule has 0 aromatic heterocycles. The van der Waals surface area contributed by atoms with Crippen molar-refractivity contribution in [3.05, 3.63) is 0 Å². The number of hydrogen-bond donors (Lipinski definition) is 1. The molecule has 1 saturated carbocycles.